The fourth-order valence-corrected chi connectivity index (χ4v) is 4.19. The zero-order chi connectivity index (χ0) is 18.0. The van der Waals surface area contributed by atoms with Crippen LogP contribution in [0.2, 0.25) is 5.02 Å². The number of hydrogen-bond donors (Lipinski definition) is 0. The van der Waals surface area contributed by atoms with E-state index in [-0.39, 0.29) is 11.1 Å². The molecule has 0 unspecified atom stereocenters. The van der Waals surface area contributed by atoms with Gasteiger partial charge in [0.1, 0.15) is 0 Å². The lowest BCUT2D eigenvalue weighted by molar-refractivity contribution is -0.113. The number of para-hydroxylation sites is 1. The quantitative estimate of drug-likeness (QED) is 0.571. The first-order chi connectivity index (χ1) is 12.0. The van der Waals surface area contributed by atoms with Crippen LogP contribution in [0.3, 0.4) is 0 Å². The molecule has 2 aromatic carbocycles. The lowest BCUT2D eigenvalue weighted by Crippen LogP contribution is -2.27. The molecule has 2 amide bonds. The van der Waals surface area contributed by atoms with Crippen LogP contribution in [-0.4, -0.2) is 17.8 Å². The molecule has 4 nitrogen and oxygen atoms in total. The van der Waals surface area contributed by atoms with Crippen molar-refractivity contribution in [1.29, 1.82) is 0 Å². The summed E-state index contributed by atoms with van der Waals surface area (Å²) >= 11 is 10.6. The van der Waals surface area contributed by atoms with Crippen LogP contribution in [0, 0.1) is 0 Å². The topological polar surface area (TPSA) is 46.6 Å². The smallest absolute Gasteiger partial charge is 0.298 e. The maximum atomic E-state index is 12.6. The van der Waals surface area contributed by atoms with Crippen molar-refractivity contribution in [2.24, 2.45) is 0 Å². The van der Waals surface area contributed by atoms with Gasteiger partial charge in [-0.3, -0.25) is 9.59 Å². The number of ether oxygens (including phenoxy) is 1. The number of imide groups is 1. The molecule has 2 aromatic rings. The first kappa shape index (κ1) is 18.0. The van der Waals surface area contributed by atoms with Crippen molar-refractivity contribution in [3.05, 3.63) is 62.4 Å². The van der Waals surface area contributed by atoms with E-state index in [0.717, 1.165) is 11.8 Å². The highest BCUT2D eigenvalue weighted by Crippen LogP contribution is 2.38. The van der Waals surface area contributed by atoms with Gasteiger partial charge in [-0.25, -0.2) is 4.90 Å². The highest BCUT2D eigenvalue weighted by molar-refractivity contribution is 9.10. The molecule has 3 rings (SSSR count). The molecule has 0 spiro atoms. The highest BCUT2D eigenvalue weighted by Gasteiger charge is 2.36. The fourth-order valence-electron chi connectivity index (χ4n) is 2.36. The molecule has 1 aliphatic rings. The van der Waals surface area contributed by atoms with Gasteiger partial charge in [0.2, 0.25) is 0 Å². The number of thioether (sulfide) groups is 1. The van der Waals surface area contributed by atoms with Crippen LogP contribution in [-0.2, 0) is 4.79 Å². The molecule has 0 aliphatic carbocycles. The van der Waals surface area contributed by atoms with E-state index in [0.29, 0.717) is 38.0 Å². The summed E-state index contributed by atoms with van der Waals surface area (Å²) in [7, 11) is 0. The SMILES string of the molecule is CCOc1c(Cl)cc(/C=C2\SC(=O)N(c3ccccc3)C2=O)cc1Br. The van der Waals surface area contributed by atoms with Crippen molar-refractivity contribution in [1.82, 2.24) is 0 Å². The first-order valence-electron chi connectivity index (χ1n) is 7.46. The second-order valence-corrected chi connectivity index (χ2v) is 7.35. The van der Waals surface area contributed by atoms with Crippen molar-refractivity contribution in [3.63, 3.8) is 0 Å². The molecule has 25 heavy (non-hydrogen) atoms. The van der Waals surface area contributed by atoms with E-state index in [4.69, 9.17) is 16.3 Å². The summed E-state index contributed by atoms with van der Waals surface area (Å²) in [5.74, 6) is 0.209. The lowest BCUT2D eigenvalue weighted by Gasteiger charge is -2.11. The summed E-state index contributed by atoms with van der Waals surface area (Å²) in [6, 6.07) is 12.4. The summed E-state index contributed by atoms with van der Waals surface area (Å²) in [5, 5.41) is 0.114. The number of benzene rings is 2. The molecule has 1 aliphatic heterocycles. The maximum absolute atomic E-state index is 12.6. The van der Waals surface area contributed by atoms with Gasteiger partial charge in [-0.05, 0) is 70.5 Å². The molecule has 0 aromatic heterocycles. The van der Waals surface area contributed by atoms with Crippen LogP contribution in [0.4, 0.5) is 10.5 Å². The zero-order valence-electron chi connectivity index (χ0n) is 13.2. The third-order valence-corrected chi connectivity index (χ3v) is 5.15. The van der Waals surface area contributed by atoms with Crippen LogP contribution >= 0.6 is 39.3 Å². The second kappa shape index (κ2) is 7.64. The Kier molecular flexibility index (Phi) is 5.51. The molecule has 128 valence electrons. The van der Waals surface area contributed by atoms with Gasteiger partial charge in [-0.1, -0.05) is 29.8 Å². The van der Waals surface area contributed by atoms with E-state index in [2.05, 4.69) is 15.9 Å². The van der Waals surface area contributed by atoms with Crippen LogP contribution in [0.1, 0.15) is 12.5 Å². The summed E-state index contributed by atoms with van der Waals surface area (Å²) in [5.41, 5.74) is 1.26. The second-order valence-electron chi connectivity index (χ2n) is 5.10. The van der Waals surface area contributed by atoms with Crippen molar-refractivity contribution < 1.29 is 14.3 Å². The molecular weight excluding hydrogens is 426 g/mol. The Hall–Kier alpha value is -1.76. The van der Waals surface area contributed by atoms with Crippen molar-refractivity contribution in [2.75, 3.05) is 11.5 Å². The molecule has 0 atom stereocenters. The van der Waals surface area contributed by atoms with Gasteiger partial charge in [0, 0.05) is 0 Å². The van der Waals surface area contributed by atoms with Gasteiger partial charge in [-0.2, -0.15) is 0 Å². The third-order valence-electron chi connectivity index (χ3n) is 3.42. The minimum absolute atomic E-state index is 0.321. The standard InChI is InChI=1S/C18H13BrClNO3S/c1-2-24-16-13(19)8-11(9-14(16)20)10-15-17(22)21(18(23)25-15)12-6-4-3-5-7-12/h3-10H,2H2,1H3/b15-10-. The van der Waals surface area contributed by atoms with E-state index < -0.39 is 0 Å². The Labute approximate surface area is 162 Å². The monoisotopic (exact) mass is 437 g/mol. The number of anilines is 1. The van der Waals surface area contributed by atoms with E-state index in [9.17, 15) is 9.59 Å². The van der Waals surface area contributed by atoms with E-state index in [1.807, 2.05) is 13.0 Å². The molecule has 0 saturated carbocycles. The number of carbonyl (C=O) groups is 2. The molecule has 1 heterocycles. The largest absolute Gasteiger partial charge is 0.491 e. The summed E-state index contributed by atoms with van der Waals surface area (Å²) in [6.07, 6.45) is 1.65. The number of rotatable bonds is 4. The van der Waals surface area contributed by atoms with Gasteiger partial charge in [-0.15, -0.1) is 0 Å². The number of nitrogens with zero attached hydrogens (tertiary/aromatic N) is 1. The normalized spacial score (nSPS) is 16.0. The molecule has 1 saturated heterocycles. The first-order valence-corrected chi connectivity index (χ1v) is 9.45. The van der Waals surface area contributed by atoms with Crippen LogP contribution in [0.15, 0.2) is 51.8 Å². The van der Waals surface area contributed by atoms with Gasteiger partial charge >= 0.3 is 0 Å². The zero-order valence-corrected chi connectivity index (χ0v) is 16.3. The van der Waals surface area contributed by atoms with Gasteiger partial charge in [0.15, 0.2) is 5.75 Å². The molecule has 1 fully saturated rings. The van der Waals surface area contributed by atoms with Crippen LogP contribution < -0.4 is 9.64 Å². The Bertz CT molecular complexity index is 847. The van der Waals surface area contributed by atoms with E-state index in [1.165, 1.54) is 4.90 Å². The van der Waals surface area contributed by atoms with Crippen molar-refractivity contribution in [3.8, 4) is 5.75 Å². The Morgan fingerprint density at radius 3 is 2.60 bits per heavy atom. The van der Waals surface area contributed by atoms with E-state index in [1.54, 1.807) is 42.5 Å². The number of amides is 2. The molecule has 0 radical (unpaired) electrons. The Morgan fingerprint density at radius 1 is 1.24 bits per heavy atom. The minimum Gasteiger partial charge on any atom is -0.491 e. The summed E-state index contributed by atoms with van der Waals surface area (Å²) < 4.78 is 6.16. The minimum atomic E-state index is -0.345. The van der Waals surface area contributed by atoms with E-state index >= 15 is 0 Å². The van der Waals surface area contributed by atoms with Gasteiger partial charge in [0.05, 0.1) is 26.7 Å². The molecular formula is C18H13BrClNO3S. The van der Waals surface area contributed by atoms with Crippen molar-refractivity contribution in [2.45, 2.75) is 6.92 Å². The Morgan fingerprint density at radius 2 is 1.96 bits per heavy atom. The lowest BCUT2D eigenvalue weighted by atomic mass is 10.2. The Balaban J connectivity index is 1.93. The summed E-state index contributed by atoms with van der Waals surface area (Å²) in [6.45, 7) is 2.36. The average Bonchev–Trinajstić information content (AvgIpc) is 2.85. The van der Waals surface area contributed by atoms with Gasteiger partial charge in [0.25, 0.3) is 11.1 Å². The molecule has 0 bridgehead atoms. The number of halogens is 2. The van der Waals surface area contributed by atoms with Crippen LogP contribution in [0.5, 0.6) is 5.75 Å². The summed E-state index contributed by atoms with van der Waals surface area (Å²) in [4.78, 5) is 26.4. The maximum Gasteiger partial charge on any atom is 0.298 e. The third kappa shape index (κ3) is 3.76. The van der Waals surface area contributed by atoms with Crippen molar-refractivity contribution >= 4 is 62.2 Å². The fraction of sp³-hybridized carbons (Fsp3) is 0.111. The van der Waals surface area contributed by atoms with Gasteiger partial charge < -0.3 is 4.74 Å². The number of hydrogen-bond acceptors (Lipinski definition) is 4. The predicted octanol–water partition coefficient (Wildman–Crippen LogP) is 5.74. The molecule has 0 N–H and O–H groups in total. The number of carbonyl (C=O) groups excluding carboxylic acids is 2. The highest BCUT2D eigenvalue weighted by atomic mass is 79.9. The van der Waals surface area contributed by atoms with Crippen LogP contribution in [0.25, 0.3) is 6.08 Å². The molecule has 7 heteroatoms. The average molecular weight is 439 g/mol. The predicted molar refractivity (Wildman–Crippen MR) is 105 cm³/mol.